The number of carbonyl (C=O) groups excluding carboxylic acids is 8. The van der Waals surface area contributed by atoms with Crippen LogP contribution in [0.25, 0.3) is 0 Å². The fraction of sp³-hybridized carbons (Fsp3) is 0.656. The number of likely N-dealkylation sites (N-methyl/N-ethyl adjacent to an activating group) is 3. The summed E-state index contributed by atoms with van der Waals surface area (Å²) in [6.07, 6.45) is 5.55. The van der Waals surface area contributed by atoms with Crippen molar-refractivity contribution in [1.82, 2.24) is 30.2 Å². The number of methoxy groups -OCH3 is 2. The topological polar surface area (TPSA) is 240 Å². The molecule has 12 atom stereocenters. The Morgan fingerprint density at radius 2 is 1.43 bits per heavy atom. The molecule has 84 heavy (non-hydrogen) atoms. The molecule has 1 fully saturated rings. The summed E-state index contributed by atoms with van der Waals surface area (Å²) in [6.45, 7) is 16.7. The summed E-state index contributed by atoms with van der Waals surface area (Å²) in [6, 6.07) is 11.7. The van der Waals surface area contributed by atoms with Gasteiger partial charge in [-0.05, 0) is 92.5 Å². The number of nitrogens with one attached hydrogen (secondary N) is 2. The Labute approximate surface area is 499 Å². The van der Waals surface area contributed by atoms with Gasteiger partial charge in [-0.15, -0.1) is 0 Å². The molecular formula is C64H98N6O14. The van der Waals surface area contributed by atoms with Crippen molar-refractivity contribution in [2.24, 2.45) is 29.6 Å². The molecule has 20 nitrogen and oxygen atoms in total. The van der Waals surface area contributed by atoms with Crippen molar-refractivity contribution in [1.29, 1.82) is 0 Å². The zero-order valence-corrected chi connectivity index (χ0v) is 52.4. The molecule has 2 unspecified atom stereocenters. The molecule has 468 valence electrons. The molecule has 6 amide bonds. The highest BCUT2D eigenvalue weighted by atomic mass is 16.6. The van der Waals surface area contributed by atoms with Gasteiger partial charge in [-0.2, -0.15) is 0 Å². The zero-order chi connectivity index (χ0) is 62.4. The fourth-order valence-electron chi connectivity index (χ4n) is 11.5. The summed E-state index contributed by atoms with van der Waals surface area (Å²) in [7, 11) is 7.73. The maximum Gasteiger partial charge on any atom is 0.413 e. The van der Waals surface area contributed by atoms with E-state index in [1.807, 2.05) is 71.9 Å². The van der Waals surface area contributed by atoms with Crippen LogP contribution >= 0.6 is 0 Å². The van der Waals surface area contributed by atoms with Gasteiger partial charge < -0.3 is 59.0 Å². The number of carbonyl (C=O) groups is 8. The quantitative estimate of drug-likeness (QED) is 0.0619. The molecule has 0 spiro atoms. The molecule has 0 radical (unpaired) electrons. The Bertz CT molecular complexity index is 2470. The number of allylic oxidation sites excluding steroid dienone is 1. The number of Topliss-reactive ketones (excluding diaryl/α,β-unsaturated/α-hetero) is 2. The number of aliphatic hydroxyl groups is 1. The highest BCUT2D eigenvalue weighted by Gasteiger charge is 2.44. The summed E-state index contributed by atoms with van der Waals surface area (Å²) in [5.41, 5.74) is 1.23. The molecule has 1 aliphatic carbocycles. The van der Waals surface area contributed by atoms with E-state index in [1.54, 1.807) is 61.9 Å². The number of amides is 6. The lowest BCUT2D eigenvalue weighted by Crippen LogP contribution is -2.55. The van der Waals surface area contributed by atoms with Gasteiger partial charge in [0.1, 0.15) is 24.5 Å². The summed E-state index contributed by atoms with van der Waals surface area (Å²) in [4.78, 5) is 116. The van der Waals surface area contributed by atoms with Gasteiger partial charge in [0.25, 0.3) is 0 Å². The monoisotopic (exact) mass is 1170 g/mol. The SMILES string of the molecule is CCC(=O)C(CN(C)C(=O)OC1/C=C/CCCCC1)NC(=O)Oc1ccc(COC(=O)N(C)[C@H](C(=O)C[C@@H](C(=O)N(C)[C@@H]([C@@H](C)CC)[C@@H](CC(=O)N2CCC[C@H]2[C@H](OC)[C@@H](C)C(=O)N[C@H](C)[C@@H](O)c2ccccc2)OC)C(C)C)C(C)C)cc1. The van der Waals surface area contributed by atoms with Gasteiger partial charge in [0.2, 0.25) is 17.7 Å². The van der Waals surface area contributed by atoms with Gasteiger partial charge in [0.15, 0.2) is 11.6 Å². The lowest BCUT2D eigenvalue weighted by Gasteiger charge is -2.41. The molecule has 4 rings (SSSR count). The first-order valence-electron chi connectivity index (χ1n) is 30.1. The van der Waals surface area contributed by atoms with Crippen LogP contribution in [0.4, 0.5) is 14.4 Å². The summed E-state index contributed by atoms with van der Waals surface area (Å²) < 4.78 is 28.9. The van der Waals surface area contributed by atoms with E-state index >= 15 is 0 Å². The highest BCUT2D eigenvalue weighted by Crippen LogP contribution is 2.32. The van der Waals surface area contributed by atoms with Crippen molar-refractivity contribution in [3.05, 3.63) is 77.9 Å². The van der Waals surface area contributed by atoms with Crippen LogP contribution in [0.15, 0.2) is 66.7 Å². The largest absolute Gasteiger partial charge is 0.445 e. The number of aliphatic hydroxyl groups excluding tert-OH is 1. The molecule has 0 aromatic heterocycles. The molecule has 1 saturated heterocycles. The van der Waals surface area contributed by atoms with Crippen LogP contribution in [0, 0.1) is 29.6 Å². The predicted octanol–water partition coefficient (Wildman–Crippen LogP) is 9.06. The fourth-order valence-corrected chi connectivity index (χ4v) is 11.5. The van der Waals surface area contributed by atoms with Crippen LogP contribution in [0.1, 0.15) is 150 Å². The van der Waals surface area contributed by atoms with Crippen LogP contribution in [0.5, 0.6) is 5.75 Å². The number of likely N-dealkylation sites (tertiary alicyclic amines) is 1. The second-order valence-corrected chi connectivity index (χ2v) is 23.5. The number of benzene rings is 2. The molecular weight excluding hydrogens is 1080 g/mol. The van der Waals surface area contributed by atoms with Gasteiger partial charge in [0, 0.05) is 60.7 Å². The molecule has 1 aliphatic heterocycles. The average molecular weight is 1180 g/mol. The van der Waals surface area contributed by atoms with E-state index in [1.165, 1.54) is 50.2 Å². The number of ketones is 2. The minimum atomic E-state index is -1.05. The molecule has 0 bridgehead atoms. The number of hydrogen-bond donors (Lipinski definition) is 3. The van der Waals surface area contributed by atoms with Crippen molar-refractivity contribution in [2.45, 2.75) is 194 Å². The second-order valence-electron chi connectivity index (χ2n) is 23.5. The standard InChI is InChI=1S/C64H98N6O14/c1-15-42(7)57(54(80-13)37-55(73)70-35-25-30-51(70)59(81-14)43(8)60(75)65-44(9)58(74)46-26-21-20-22-27-46)68(11)61(76)49(40(3)4)36-53(72)56(41(5)6)69(12)64(79)82-39-45-31-33-48(34-32-45)83-62(77)66-50(52(71)16-2)38-67(10)63(78)84-47-28-23-18-17-19-24-29-47/h20-23,26-28,31-34,40-44,47,49-51,54,56-59,74H,15-19,24-25,29-30,35-39H2,1-14H3,(H,65,75)(H,66,77)/b28-23+/t42-,43+,44+,47?,49+,50?,51-,54+,56-,57-,58+,59+/m0/s1. The zero-order valence-electron chi connectivity index (χ0n) is 52.4. The first-order chi connectivity index (χ1) is 39.9. The minimum absolute atomic E-state index is 0.0546. The molecule has 2 aromatic carbocycles. The van der Waals surface area contributed by atoms with Crippen LogP contribution < -0.4 is 15.4 Å². The van der Waals surface area contributed by atoms with Crippen molar-refractivity contribution < 1.29 is 67.1 Å². The second kappa shape index (κ2) is 34.5. The predicted molar refractivity (Wildman–Crippen MR) is 319 cm³/mol. The van der Waals surface area contributed by atoms with Gasteiger partial charge in [-0.1, -0.05) is 117 Å². The van der Waals surface area contributed by atoms with Crippen LogP contribution in [-0.2, 0) is 49.5 Å². The van der Waals surface area contributed by atoms with Crippen LogP contribution in [-0.4, -0.2) is 169 Å². The number of hydrogen-bond acceptors (Lipinski definition) is 14. The van der Waals surface area contributed by atoms with Gasteiger partial charge in [0.05, 0.1) is 61.4 Å². The van der Waals surface area contributed by atoms with Crippen LogP contribution in [0.3, 0.4) is 0 Å². The average Bonchev–Trinajstić information content (AvgIpc) is 3.88. The third-order valence-corrected chi connectivity index (χ3v) is 16.7. The summed E-state index contributed by atoms with van der Waals surface area (Å²) in [5.74, 6) is -3.51. The third kappa shape index (κ3) is 20.1. The minimum Gasteiger partial charge on any atom is -0.445 e. The molecule has 2 aliphatic rings. The maximum atomic E-state index is 14.8. The van der Waals surface area contributed by atoms with E-state index in [2.05, 4.69) is 10.6 Å². The van der Waals surface area contributed by atoms with E-state index in [4.69, 9.17) is 23.7 Å². The highest BCUT2D eigenvalue weighted by molar-refractivity contribution is 5.92. The first kappa shape index (κ1) is 70.1. The first-order valence-corrected chi connectivity index (χ1v) is 30.1. The Hall–Kier alpha value is -6.38. The van der Waals surface area contributed by atoms with E-state index in [-0.39, 0.29) is 91.3 Å². The van der Waals surface area contributed by atoms with Crippen molar-refractivity contribution in [3.63, 3.8) is 0 Å². The normalized spacial score (nSPS) is 19.3. The third-order valence-electron chi connectivity index (χ3n) is 16.7. The number of ether oxygens (including phenoxy) is 5. The number of rotatable bonds is 30. The maximum absolute atomic E-state index is 14.8. The molecule has 20 heteroatoms. The van der Waals surface area contributed by atoms with Gasteiger partial charge in [-0.25, -0.2) is 14.4 Å². The number of nitrogens with zero attached hydrogens (tertiary/aromatic N) is 4. The van der Waals surface area contributed by atoms with E-state index < -0.39 is 78.6 Å². The van der Waals surface area contributed by atoms with Crippen molar-refractivity contribution in [3.8, 4) is 5.75 Å². The van der Waals surface area contributed by atoms with Crippen molar-refractivity contribution >= 4 is 47.6 Å². The Morgan fingerprint density at radius 1 is 0.750 bits per heavy atom. The van der Waals surface area contributed by atoms with Gasteiger partial charge in [-0.3, -0.25) is 24.0 Å². The lowest BCUT2D eigenvalue weighted by molar-refractivity contribution is -0.149. The summed E-state index contributed by atoms with van der Waals surface area (Å²) in [5, 5.41) is 16.5. The van der Waals surface area contributed by atoms with E-state index in [0.29, 0.717) is 43.4 Å². The van der Waals surface area contributed by atoms with Crippen molar-refractivity contribution in [2.75, 3.05) is 48.5 Å². The molecule has 0 saturated carbocycles. The molecule has 3 N–H and O–H groups in total. The van der Waals surface area contributed by atoms with Gasteiger partial charge >= 0.3 is 18.3 Å². The smallest absolute Gasteiger partial charge is 0.413 e. The summed E-state index contributed by atoms with van der Waals surface area (Å²) >= 11 is 0. The Morgan fingerprint density at radius 3 is 2.04 bits per heavy atom. The lowest BCUT2D eigenvalue weighted by atomic mass is 9.83. The van der Waals surface area contributed by atoms with E-state index in [9.17, 15) is 43.5 Å². The molecule has 1 heterocycles. The molecule has 2 aromatic rings. The van der Waals surface area contributed by atoms with E-state index in [0.717, 1.165) is 25.7 Å². The Kier molecular flexibility index (Phi) is 28.8. The van der Waals surface area contributed by atoms with Crippen LogP contribution in [0.2, 0.25) is 0 Å². The Balaban J connectivity index is 1.36.